The highest BCUT2D eigenvalue weighted by Gasteiger charge is 2.10. The van der Waals surface area contributed by atoms with Crippen molar-refractivity contribution >= 4 is 11.9 Å². The van der Waals surface area contributed by atoms with E-state index in [1.165, 1.54) is 0 Å². The minimum absolute atomic E-state index is 0.212. The molecular formula is C16H21N5O. The summed E-state index contributed by atoms with van der Waals surface area (Å²) in [4.78, 5) is 26.7. The van der Waals surface area contributed by atoms with Crippen LogP contribution in [0.25, 0.3) is 0 Å². The number of nitrogens with zero attached hydrogens (tertiary/aromatic N) is 4. The summed E-state index contributed by atoms with van der Waals surface area (Å²) in [5.74, 6) is 0.360. The molecule has 0 bridgehead atoms. The molecular weight excluding hydrogens is 278 g/mol. The van der Waals surface area contributed by atoms with Crippen LogP contribution in [-0.4, -0.2) is 34.5 Å². The van der Waals surface area contributed by atoms with Gasteiger partial charge < -0.3 is 10.2 Å². The predicted octanol–water partition coefficient (Wildman–Crippen LogP) is 2.04. The molecule has 1 amide bonds. The largest absolute Gasteiger partial charge is 0.347 e. The highest BCUT2D eigenvalue weighted by atomic mass is 16.1. The number of carbonyl (C=O) groups excluding carboxylic acids is 1. The molecule has 0 aliphatic heterocycles. The Hall–Kier alpha value is -2.50. The molecule has 0 atom stereocenters. The van der Waals surface area contributed by atoms with Crippen molar-refractivity contribution in [2.75, 3.05) is 18.5 Å². The van der Waals surface area contributed by atoms with Crippen molar-refractivity contribution in [2.45, 2.75) is 26.3 Å². The Morgan fingerprint density at radius 3 is 2.91 bits per heavy atom. The van der Waals surface area contributed by atoms with Gasteiger partial charge in [0.1, 0.15) is 5.69 Å². The average molecular weight is 299 g/mol. The van der Waals surface area contributed by atoms with E-state index in [2.05, 4.69) is 27.2 Å². The van der Waals surface area contributed by atoms with Gasteiger partial charge in [-0.1, -0.05) is 19.4 Å². The van der Waals surface area contributed by atoms with E-state index in [4.69, 9.17) is 0 Å². The van der Waals surface area contributed by atoms with Gasteiger partial charge in [-0.3, -0.25) is 9.78 Å². The number of hydrogen-bond donors (Lipinski definition) is 1. The maximum atomic E-state index is 12.2. The minimum Gasteiger partial charge on any atom is -0.347 e. The van der Waals surface area contributed by atoms with E-state index in [1.807, 2.05) is 24.1 Å². The van der Waals surface area contributed by atoms with Gasteiger partial charge in [-0.05, 0) is 24.1 Å². The second kappa shape index (κ2) is 8.07. The van der Waals surface area contributed by atoms with E-state index in [1.54, 1.807) is 24.7 Å². The number of rotatable bonds is 7. The number of amides is 1. The first-order valence-corrected chi connectivity index (χ1v) is 7.42. The van der Waals surface area contributed by atoms with Crippen LogP contribution in [0.5, 0.6) is 0 Å². The van der Waals surface area contributed by atoms with Gasteiger partial charge in [-0.2, -0.15) is 0 Å². The first kappa shape index (κ1) is 15.9. The lowest BCUT2D eigenvalue weighted by atomic mass is 10.3. The summed E-state index contributed by atoms with van der Waals surface area (Å²) in [6.07, 6.45) is 7.22. The summed E-state index contributed by atoms with van der Waals surface area (Å²) >= 11 is 0. The van der Waals surface area contributed by atoms with Gasteiger partial charge in [0.05, 0.1) is 0 Å². The number of anilines is 1. The molecule has 0 aromatic carbocycles. The van der Waals surface area contributed by atoms with Crippen LogP contribution < -0.4 is 10.2 Å². The van der Waals surface area contributed by atoms with Crippen LogP contribution in [0.3, 0.4) is 0 Å². The summed E-state index contributed by atoms with van der Waals surface area (Å²) in [7, 11) is 1.93. The zero-order chi connectivity index (χ0) is 15.8. The molecule has 6 heteroatoms. The highest BCUT2D eigenvalue weighted by molar-refractivity contribution is 5.92. The minimum atomic E-state index is -0.212. The second-order valence-electron chi connectivity index (χ2n) is 5.06. The van der Waals surface area contributed by atoms with E-state index in [0.29, 0.717) is 18.2 Å². The summed E-state index contributed by atoms with van der Waals surface area (Å²) in [6, 6.07) is 5.37. The fraction of sp³-hybridized carbons (Fsp3) is 0.375. The van der Waals surface area contributed by atoms with Crippen molar-refractivity contribution < 1.29 is 4.79 Å². The lowest BCUT2D eigenvalue weighted by Gasteiger charge is -2.16. The van der Waals surface area contributed by atoms with Crippen LogP contribution in [0, 0.1) is 0 Å². The van der Waals surface area contributed by atoms with Crippen LogP contribution in [-0.2, 0) is 6.54 Å². The zero-order valence-electron chi connectivity index (χ0n) is 13.0. The average Bonchev–Trinajstić information content (AvgIpc) is 2.58. The zero-order valence-corrected chi connectivity index (χ0v) is 13.0. The van der Waals surface area contributed by atoms with Crippen LogP contribution in [0.1, 0.15) is 35.8 Å². The molecule has 2 aromatic heterocycles. The molecule has 6 nitrogen and oxygen atoms in total. The first-order valence-electron chi connectivity index (χ1n) is 7.42. The quantitative estimate of drug-likeness (QED) is 0.847. The molecule has 0 fully saturated rings. The van der Waals surface area contributed by atoms with Crippen LogP contribution in [0.2, 0.25) is 0 Å². The lowest BCUT2D eigenvalue weighted by Crippen LogP contribution is -2.26. The molecule has 0 spiro atoms. The molecule has 2 aromatic rings. The van der Waals surface area contributed by atoms with Crippen LogP contribution >= 0.6 is 0 Å². The third-order valence-corrected chi connectivity index (χ3v) is 3.24. The van der Waals surface area contributed by atoms with Gasteiger partial charge in [-0.15, -0.1) is 0 Å². The molecule has 0 radical (unpaired) electrons. The summed E-state index contributed by atoms with van der Waals surface area (Å²) in [6.45, 7) is 3.44. The Bertz CT molecular complexity index is 602. The number of aromatic nitrogens is 3. The molecule has 1 N–H and O–H groups in total. The molecule has 2 heterocycles. The number of unbranched alkanes of at least 4 members (excludes halogenated alkanes) is 1. The molecule has 0 aliphatic carbocycles. The monoisotopic (exact) mass is 299 g/mol. The summed E-state index contributed by atoms with van der Waals surface area (Å²) in [5, 5.41) is 2.84. The van der Waals surface area contributed by atoms with E-state index in [0.717, 1.165) is 24.9 Å². The van der Waals surface area contributed by atoms with Gasteiger partial charge in [0.25, 0.3) is 5.91 Å². The van der Waals surface area contributed by atoms with Crippen molar-refractivity contribution in [1.82, 2.24) is 20.3 Å². The SMILES string of the molecule is CCCCN(C)c1nccc(C(=O)NCc2cccnc2)n1. The van der Waals surface area contributed by atoms with Crippen LogP contribution in [0.15, 0.2) is 36.8 Å². The Kier molecular flexibility index (Phi) is 5.82. The first-order chi connectivity index (χ1) is 10.7. The number of nitrogens with one attached hydrogen (secondary N) is 1. The van der Waals surface area contributed by atoms with E-state index >= 15 is 0 Å². The fourth-order valence-electron chi connectivity index (χ4n) is 1.93. The second-order valence-corrected chi connectivity index (χ2v) is 5.06. The Morgan fingerprint density at radius 2 is 2.18 bits per heavy atom. The molecule has 0 saturated heterocycles. The van der Waals surface area contributed by atoms with Crippen molar-refractivity contribution in [1.29, 1.82) is 0 Å². The topological polar surface area (TPSA) is 71.0 Å². The molecule has 0 aliphatic rings. The molecule has 0 saturated carbocycles. The molecule has 2 rings (SSSR count). The van der Waals surface area contributed by atoms with Gasteiger partial charge in [0.15, 0.2) is 0 Å². The van der Waals surface area contributed by atoms with Crippen molar-refractivity contribution in [2.24, 2.45) is 0 Å². The smallest absolute Gasteiger partial charge is 0.270 e. The predicted molar refractivity (Wildman–Crippen MR) is 85.6 cm³/mol. The summed E-state index contributed by atoms with van der Waals surface area (Å²) < 4.78 is 0. The number of pyridine rings is 1. The van der Waals surface area contributed by atoms with Gasteiger partial charge >= 0.3 is 0 Å². The number of hydrogen-bond acceptors (Lipinski definition) is 5. The molecule has 0 unspecified atom stereocenters. The fourth-order valence-corrected chi connectivity index (χ4v) is 1.93. The third-order valence-electron chi connectivity index (χ3n) is 3.24. The maximum absolute atomic E-state index is 12.2. The summed E-state index contributed by atoms with van der Waals surface area (Å²) in [5.41, 5.74) is 1.32. The van der Waals surface area contributed by atoms with Gasteiger partial charge in [-0.25, -0.2) is 9.97 Å². The Morgan fingerprint density at radius 1 is 1.32 bits per heavy atom. The standard InChI is InChI=1S/C16H21N5O/c1-3-4-10-21(2)16-18-9-7-14(20-16)15(22)19-12-13-6-5-8-17-11-13/h5-9,11H,3-4,10,12H2,1-2H3,(H,19,22). The van der Waals surface area contributed by atoms with E-state index in [-0.39, 0.29) is 5.91 Å². The third kappa shape index (κ3) is 4.51. The van der Waals surface area contributed by atoms with Gasteiger partial charge in [0, 0.05) is 38.7 Å². The Labute approximate surface area is 130 Å². The number of carbonyl (C=O) groups is 1. The van der Waals surface area contributed by atoms with E-state index in [9.17, 15) is 4.79 Å². The molecule has 22 heavy (non-hydrogen) atoms. The maximum Gasteiger partial charge on any atom is 0.270 e. The van der Waals surface area contributed by atoms with Crippen molar-refractivity contribution in [3.05, 3.63) is 48.0 Å². The van der Waals surface area contributed by atoms with Crippen molar-refractivity contribution in [3.63, 3.8) is 0 Å². The highest BCUT2D eigenvalue weighted by Crippen LogP contribution is 2.07. The van der Waals surface area contributed by atoms with Crippen molar-refractivity contribution in [3.8, 4) is 0 Å². The van der Waals surface area contributed by atoms with Gasteiger partial charge in [0.2, 0.25) is 5.95 Å². The van der Waals surface area contributed by atoms with Crippen LogP contribution in [0.4, 0.5) is 5.95 Å². The van der Waals surface area contributed by atoms with E-state index < -0.39 is 0 Å². The molecule has 116 valence electrons. The normalized spacial score (nSPS) is 10.3. The Balaban J connectivity index is 1.97. The lowest BCUT2D eigenvalue weighted by molar-refractivity contribution is 0.0946.